The molecule has 40 heavy (non-hydrogen) atoms. The number of carbonyl (C=O) groups excluding carboxylic acids is 2. The van der Waals surface area contributed by atoms with E-state index in [1.807, 2.05) is 36.4 Å². The molecule has 2 aromatic rings. The minimum Gasteiger partial charge on any atom is -0.517 e. The number of carbonyl (C=O) groups is 4. The third kappa shape index (κ3) is 15.2. The standard InChI is InChI=1S/2C11H10NO3.2C2H4O2.2Pd/c2*1-14-11(13)9-7-15-10(12-9)8-5-3-2-4-6-8;2*1-2(3)4;;/h2*2-5,9H,7H2,1H3;2*1H3,(H,3,4);;/q2*-1;;;;/t2*9-;;;;/m00..../s1. The summed E-state index contributed by atoms with van der Waals surface area (Å²) in [4.78, 5) is 48.6. The number of aliphatic imine (C=N–C) groups is 2. The maximum absolute atomic E-state index is 11.2. The van der Waals surface area contributed by atoms with Gasteiger partial charge in [-0.1, -0.05) is 11.1 Å². The van der Waals surface area contributed by atoms with Crippen molar-refractivity contribution in [1.82, 2.24) is 0 Å². The zero-order chi connectivity index (χ0) is 28.5. The number of rotatable bonds is 4. The summed E-state index contributed by atoms with van der Waals surface area (Å²) in [5.74, 6) is -1.51. The third-order valence-electron chi connectivity index (χ3n) is 4.13. The molecule has 0 saturated carbocycles. The molecule has 2 aromatic carbocycles. The third-order valence-corrected chi connectivity index (χ3v) is 4.13. The van der Waals surface area contributed by atoms with Crippen molar-refractivity contribution in [2.75, 3.05) is 27.4 Å². The van der Waals surface area contributed by atoms with E-state index in [9.17, 15) is 9.59 Å². The topological polar surface area (TPSA) is 170 Å². The minimum atomic E-state index is -0.833. The Morgan fingerprint density at radius 2 is 1.07 bits per heavy atom. The molecule has 0 fully saturated rings. The van der Waals surface area contributed by atoms with Crippen LogP contribution in [0.2, 0.25) is 0 Å². The van der Waals surface area contributed by atoms with Crippen molar-refractivity contribution in [3.8, 4) is 0 Å². The van der Waals surface area contributed by atoms with Crippen LogP contribution in [0.5, 0.6) is 0 Å². The smallest absolute Gasteiger partial charge is 0.333 e. The molecule has 2 N–H and O–H groups in total. The van der Waals surface area contributed by atoms with Crippen molar-refractivity contribution >= 4 is 35.7 Å². The van der Waals surface area contributed by atoms with Crippen LogP contribution in [-0.4, -0.2) is 85.4 Å². The Labute approximate surface area is 259 Å². The molecule has 12 nitrogen and oxygen atoms in total. The van der Waals surface area contributed by atoms with Gasteiger partial charge in [-0.25, -0.2) is 9.59 Å². The predicted molar refractivity (Wildman–Crippen MR) is 134 cm³/mol. The molecule has 0 aromatic heterocycles. The molecular formula is C26H28N2O10Pd2-2. The fourth-order valence-electron chi connectivity index (χ4n) is 2.61. The average Bonchev–Trinajstić information content (AvgIpc) is 3.59. The fraction of sp³-hybridized carbons (Fsp3) is 0.308. The van der Waals surface area contributed by atoms with Crippen LogP contribution in [0.15, 0.2) is 58.5 Å². The number of methoxy groups -OCH3 is 2. The minimum absolute atomic E-state index is 0. The fourth-order valence-corrected chi connectivity index (χ4v) is 2.61. The summed E-state index contributed by atoms with van der Waals surface area (Å²) in [6, 6.07) is 19.5. The number of carboxylic acids is 2. The Hall–Kier alpha value is -3.42. The van der Waals surface area contributed by atoms with E-state index in [1.165, 1.54) is 14.2 Å². The van der Waals surface area contributed by atoms with Crippen LogP contribution in [0.3, 0.4) is 0 Å². The number of carboxylic acid groups (broad SMARTS) is 2. The van der Waals surface area contributed by atoms with Crippen molar-refractivity contribution in [3.05, 3.63) is 71.8 Å². The van der Waals surface area contributed by atoms with Gasteiger partial charge in [0, 0.05) is 54.7 Å². The summed E-state index contributed by atoms with van der Waals surface area (Å²) in [5, 5.41) is 14.8. The normalized spacial score (nSPS) is 15.7. The molecule has 2 heterocycles. The van der Waals surface area contributed by atoms with Crippen LogP contribution in [-0.2, 0) is 79.0 Å². The molecule has 0 saturated heterocycles. The van der Waals surface area contributed by atoms with Crippen LogP contribution in [0.1, 0.15) is 25.0 Å². The Balaban J connectivity index is 0. The van der Waals surface area contributed by atoms with Gasteiger partial charge in [-0.05, 0) is 0 Å². The Morgan fingerprint density at radius 1 is 0.750 bits per heavy atom. The number of nitrogens with zero attached hydrogens (tertiary/aromatic N) is 2. The summed E-state index contributed by atoms with van der Waals surface area (Å²) in [5.41, 5.74) is 1.51. The number of benzene rings is 2. The Bertz CT molecular complexity index is 1030. The molecule has 0 amide bonds. The molecule has 2 aliphatic rings. The van der Waals surface area contributed by atoms with E-state index in [-0.39, 0.29) is 66.0 Å². The summed E-state index contributed by atoms with van der Waals surface area (Å²) < 4.78 is 19.7. The van der Waals surface area contributed by atoms with E-state index in [0.717, 1.165) is 25.0 Å². The SMILES string of the molecule is CC(=O)O.CC(=O)O.COC(=O)[C@@H]1COC(c2[c-]cccc2)=N1.COC(=O)[C@@H]1COC(c2[c-]cccc2)=N1.[Pd].[Pd]. The molecule has 0 radical (unpaired) electrons. The summed E-state index contributed by atoms with van der Waals surface area (Å²) in [6.07, 6.45) is 0. The average molecular weight is 741 g/mol. The van der Waals surface area contributed by atoms with Gasteiger partial charge in [0.05, 0.1) is 14.2 Å². The molecule has 224 valence electrons. The van der Waals surface area contributed by atoms with Gasteiger partial charge in [0.2, 0.25) is 0 Å². The molecular weight excluding hydrogens is 713 g/mol. The van der Waals surface area contributed by atoms with Crippen molar-refractivity contribution < 1.29 is 89.2 Å². The zero-order valence-corrected chi connectivity index (χ0v) is 25.0. The molecule has 0 aliphatic carbocycles. The first-order chi connectivity index (χ1) is 18.1. The van der Waals surface area contributed by atoms with Crippen LogP contribution >= 0.6 is 0 Å². The van der Waals surface area contributed by atoms with Crippen molar-refractivity contribution in [2.45, 2.75) is 25.9 Å². The van der Waals surface area contributed by atoms with Crippen molar-refractivity contribution in [1.29, 1.82) is 0 Å². The summed E-state index contributed by atoms with van der Waals surface area (Å²) >= 11 is 0. The second-order valence-electron chi connectivity index (χ2n) is 7.16. The zero-order valence-electron chi connectivity index (χ0n) is 21.9. The van der Waals surface area contributed by atoms with Gasteiger partial charge in [-0.3, -0.25) is 19.6 Å². The van der Waals surface area contributed by atoms with E-state index in [1.54, 1.807) is 12.1 Å². The van der Waals surface area contributed by atoms with Gasteiger partial charge in [0.15, 0.2) is 12.1 Å². The largest absolute Gasteiger partial charge is 0.517 e. The van der Waals surface area contributed by atoms with E-state index in [0.29, 0.717) is 11.8 Å². The number of aliphatic carboxylic acids is 2. The molecule has 0 unspecified atom stereocenters. The van der Waals surface area contributed by atoms with E-state index < -0.39 is 24.0 Å². The number of hydrogen-bond donors (Lipinski definition) is 2. The van der Waals surface area contributed by atoms with Gasteiger partial charge >= 0.3 is 11.9 Å². The second-order valence-corrected chi connectivity index (χ2v) is 7.16. The Kier molecular flexibility index (Phi) is 20.7. The van der Waals surface area contributed by atoms with Crippen LogP contribution in [0.25, 0.3) is 0 Å². The quantitative estimate of drug-likeness (QED) is 0.268. The number of hydrogen-bond acceptors (Lipinski definition) is 10. The molecule has 2 aliphatic heterocycles. The van der Waals surface area contributed by atoms with Gasteiger partial charge in [0.25, 0.3) is 11.9 Å². The van der Waals surface area contributed by atoms with Gasteiger partial charge < -0.3 is 29.2 Å². The molecule has 0 bridgehead atoms. The van der Waals surface area contributed by atoms with Crippen LogP contribution in [0.4, 0.5) is 0 Å². The molecule has 14 heteroatoms. The maximum Gasteiger partial charge on any atom is 0.333 e. The van der Waals surface area contributed by atoms with Crippen molar-refractivity contribution in [2.24, 2.45) is 9.98 Å². The molecule has 0 spiro atoms. The first-order valence-corrected chi connectivity index (χ1v) is 11.0. The van der Waals surface area contributed by atoms with Gasteiger partial charge in [0.1, 0.15) is 25.0 Å². The van der Waals surface area contributed by atoms with Crippen molar-refractivity contribution in [3.63, 3.8) is 0 Å². The summed E-state index contributed by atoms with van der Waals surface area (Å²) in [7, 11) is 2.68. The first kappa shape index (κ1) is 38.7. The van der Waals surface area contributed by atoms with E-state index in [2.05, 4.69) is 31.6 Å². The number of esters is 2. The van der Waals surface area contributed by atoms with E-state index >= 15 is 0 Å². The van der Waals surface area contributed by atoms with Gasteiger partial charge in [-0.2, -0.15) is 0 Å². The number of ether oxygens (including phenoxy) is 4. The Morgan fingerprint density at radius 3 is 1.32 bits per heavy atom. The van der Waals surface area contributed by atoms with Crippen LogP contribution in [0, 0.1) is 12.1 Å². The predicted octanol–water partition coefficient (Wildman–Crippen LogP) is 1.79. The van der Waals surface area contributed by atoms with Crippen LogP contribution < -0.4 is 0 Å². The monoisotopic (exact) mass is 740 g/mol. The second kappa shape index (κ2) is 21.4. The first-order valence-electron chi connectivity index (χ1n) is 11.0. The van der Waals surface area contributed by atoms with Gasteiger partial charge in [-0.15, -0.1) is 60.7 Å². The molecule has 4 rings (SSSR count). The molecule has 2 atom stereocenters. The summed E-state index contributed by atoms with van der Waals surface area (Å²) in [6.45, 7) is 2.65. The van der Waals surface area contributed by atoms with E-state index in [4.69, 9.17) is 29.3 Å². The maximum atomic E-state index is 11.2.